The molecule has 0 aliphatic heterocycles. The molecule has 0 bridgehead atoms. The van der Waals surface area contributed by atoms with Crippen LogP contribution in [0.1, 0.15) is 15.9 Å². The molecule has 0 atom stereocenters. The molecule has 0 saturated carbocycles. The molecule has 0 unspecified atom stereocenters. The molecule has 0 aliphatic rings. The van der Waals surface area contributed by atoms with E-state index in [4.69, 9.17) is 0 Å². The van der Waals surface area contributed by atoms with Gasteiger partial charge in [0.15, 0.2) is 11.5 Å². The summed E-state index contributed by atoms with van der Waals surface area (Å²) < 4.78 is 0. The fourth-order valence-corrected chi connectivity index (χ4v) is 1.78. The number of allylic oxidation sites excluding steroid dienone is 1. The summed E-state index contributed by atoms with van der Waals surface area (Å²) in [6.45, 7) is 0. The van der Waals surface area contributed by atoms with Crippen molar-refractivity contribution in [1.82, 2.24) is 0 Å². The minimum atomic E-state index is -0.918. The average Bonchev–Trinajstić information content (AvgIpc) is 2.48. The fourth-order valence-electron chi connectivity index (χ4n) is 1.78. The van der Waals surface area contributed by atoms with Gasteiger partial charge in [-0.2, -0.15) is 0 Å². The van der Waals surface area contributed by atoms with Gasteiger partial charge in [0.05, 0.1) is 4.92 Å². The third-order valence-corrected chi connectivity index (χ3v) is 2.80. The Hall–Kier alpha value is -3.15. The van der Waals surface area contributed by atoms with Gasteiger partial charge in [0.2, 0.25) is 5.75 Å². The van der Waals surface area contributed by atoms with Gasteiger partial charge >= 0.3 is 5.69 Å². The Bertz CT molecular complexity index is 722. The van der Waals surface area contributed by atoms with Crippen molar-refractivity contribution >= 4 is 17.5 Å². The first-order valence-electron chi connectivity index (χ1n) is 5.97. The van der Waals surface area contributed by atoms with Crippen molar-refractivity contribution in [3.8, 4) is 11.5 Å². The lowest BCUT2D eigenvalue weighted by Crippen LogP contribution is -2.01. The first-order chi connectivity index (χ1) is 10.0. The van der Waals surface area contributed by atoms with Crippen LogP contribution in [0.25, 0.3) is 6.08 Å². The third-order valence-electron chi connectivity index (χ3n) is 2.80. The number of carbonyl (C=O) groups excluding carboxylic acids is 1. The van der Waals surface area contributed by atoms with E-state index in [2.05, 4.69) is 0 Å². The Labute approximate surface area is 119 Å². The van der Waals surface area contributed by atoms with E-state index in [1.165, 1.54) is 12.2 Å². The quantitative estimate of drug-likeness (QED) is 0.296. The lowest BCUT2D eigenvalue weighted by atomic mass is 10.1. The van der Waals surface area contributed by atoms with E-state index in [-0.39, 0.29) is 5.56 Å². The summed E-state index contributed by atoms with van der Waals surface area (Å²) >= 11 is 0. The number of ketones is 1. The molecule has 6 nitrogen and oxygen atoms in total. The van der Waals surface area contributed by atoms with Crippen molar-refractivity contribution in [1.29, 1.82) is 0 Å². The average molecular weight is 285 g/mol. The number of nitro groups is 1. The highest BCUT2D eigenvalue weighted by atomic mass is 16.6. The number of hydrogen-bond acceptors (Lipinski definition) is 5. The zero-order chi connectivity index (χ0) is 15.4. The Morgan fingerprint density at radius 3 is 2.38 bits per heavy atom. The first-order valence-corrected chi connectivity index (χ1v) is 5.97. The largest absolute Gasteiger partial charge is 0.504 e. The monoisotopic (exact) mass is 285 g/mol. The number of rotatable bonds is 4. The van der Waals surface area contributed by atoms with Crippen molar-refractivity contribution in [2.75, 3.05) is 0 Å². The first kappa shape index (κ1) is 14.3. The Kier molecular flexibility index (Phi) is 3.99. The summed E-state index contributed by atoms with van der Waals surface area (Å²) in [4.78, 5) is 22.1. The molecule has 6 heteroatoms. The van der Waals surface area contributed by atoms with Crippen LogP contribution in [0, 0.1) is 10.1 Å². The number of benzene rings is 2. The Morgan fingerprint density at radius 2 is 1.76 bits per heavy atom. The van der Waals surface area contributed by atoms with Crippen LogP contribution in [-0.2, 0) is 0 Å². The standard InChI is InChI=1S/C15H11NO5/c17-12(8-6-10-4-2-1-3-5-10)11-7-9-13(18)15(19)14(11)16(20)21/h1-9,18-19H. The molecule has 0 heterocycles. The number of nitro benzene ring substituents is 1. The summed E-state index contributed by atoms with van der Waals surface area (Å²) in [6, 6.07) is 11.1. The van der Waals surface area contributed by atoms with Crippen LogP contribution in [-0.4, -0.2) is 20.9 Å². The Morgan fingerprint density at radius 1 is 1.10 bits per heavy atom. The number of phenolic OH excluding ortho intramolecular Hbond substituents is 2. The van der Waals surface area contributed by atoms with Crippen LogP contribution >= 0.6 is 0 Å². The smallest absolute Gasteiger partial charge is 0.325 e. The van der Waals surface area contributed by atoms with Gasteiger partial charge in [0, 0.05) is 0 Å². The fraction of sp³-hybridized carbons (Fsp3) is 0. The topological polar surface area (TPSA) is 101 Å². The summed E-state index contributed by atoms with van der Waals surface area (Å²) in [5.41, 5.74) is -0.336. The zero-order valence-corrected chi connectivity index (χ0v) is 10.8. The molecule has 106 valence electrons. The molecule has 0 spiro atoms. The van der Waals surface area contributed by atoms with Crippen LogP contribution in [0.3, 0.4) is 0 Å². The zero-order valence-electron chi connectivity index (χ0n) is 10.8. The number of carbonyl (C=O) groups is 1. The molecule has 2 aromatic carbocycles. The van der Waals surface area contributed by atoms with Gasteiger partial charge < -0.3 is 10.2 Å². The highest BCUT2D eigenvalue weighted by molar-refractivity contribution is 6.10. The molecule has 2 rings (SSSR count). The van der Waals surface area contributed by atoms with Crippen molar-refractivity contribution < 1.29 is 19.9 Å². The maximum Gasteiger partial charge on any atom is 0.325 e. The predicted molar refractivity (Wildman–Crippen MR) is 76.2 cm³/mol. The SMILES string of the molecule is O=C(C=Cc1ccccc1)c1ccc(O)c(O)c1[N+](=O)[O-]. The summed E-state index contributed by atoms with van der Waals surface area (Å²) in [7, 11) is 0. The van der Waals surface area contributed by atoms with E-state index in [0.29, 0.717) is 0 Å². The number of nitrogens with zero attached hydrogens (tertiary/aromatic N) is 1. The van der Waals surface area contributed by atoms with Gasteiger partial charge in [-0.1, -0.05) is 36.4 Å². The third kappa shape index (κ3) is 3.06. The molecule has 0 amide bonds. The maximum atomic E-state index is 12.0. The minimum Gasteiger partial charge on any atom is -0.504 e. The summed E-state index contributed by atoms with van der Waals surface area (Å²) in [5.74, 6) is -2.20. The number of phenols is 2. The second kappa shape index (κ2) is 5.87. The second-order valence-corrected chi connectivity index (χ2v) is 4.19. The van der Waals surface area contributed by atoms with E-state index in [1.54, 1.807) is 24.3 Å². The number of aromatic hydroxyl groups is 2. The molecule has 0 aromatic heterocycles. The van der Waals surface area contributed by atoms with Crippen LogP contribution in [0.2, 0.25) is 0 Å². The van der Waals surface area contributed by atoms with Crippen molar-refractivity contribution in [3.63, 3.8) is 0 Å². The van der Waals surface area contributed by atoms with E-state index in [9.17, 15) is 25.1 Å². The molecular formula is C15H11NO5. The van der Waals surface area contributed by atoms with E-state index >= 15 is 0 Å². The van der Waals surface area contributed by atoms with Crippen LogP contribution in [0.4, 0.5) is 5.69 Å². The Balaban J connectivity index is 2.38. The van der Waals surface area contributed by atoms with Crippen molar-refractivity contribution in [2.24, 2.45) is 0 Å². The van der Waals surface area contributed by atoms with Crippen LogP contribution in [0.5, 0.6) is 11.5 Å². The molecule has 21 heavy (non-hydrogen) atoms. The van der Waals surface area contributed by atoms with Gasteiger partial charge in [-0.05, 0) is 23.8 Å². The second-order valence-electron chi connectivity index (χ2n) is 4.19. The lowest BCUT2D eigenvalue weighted by Gasteiger charge is -2.03. The molecule has 0 radical (unpaired) electrons. The molecule has 0 aliphatic carbocycles. The number of hydrogen-bond donors (Lipinski definition) is 2. The van der Waals surface area contributed by atoms with E-state index < -0.39 is 27.9 Å². The van der Waals surface area contributed by atoms with Gasteiger partial charge in [0.25, 0.3) is 0 Å². The molecule has 2 N–H and O–H groups in total. The molecule has 2 aromatic rings. The van der Waals surface area contributed by atoms with Gasteiger partial charge in [-0.3, -0.25) is 14.9 Å². The van der Waals surface area contributed by atoms with E-state index in [1.807, 2.05) is 6.07 Å². The summed E-state index contributed by atoms with van der Waals surface area (Å²) in [5, 5.41) is 29.7. The van der Waals surface area contributed by atoms with Gasteiger partial charge in [-0.15, -0.1) is 0 Å². The van der Waals surface area contributed by atoms with E-state index in [0.717, 1.165) is 17.7 Å². The normalized spacial score (nSPS) is 10.7. The predicted octanol–water partition coefficient (Wildman–Crippen LogP) is 2.90. The minimum absolute atomic E-state index is 0.289. The van der Waals surface area contributed by atoms with Gasteiger partial charge in [0.1, 0.15) is 5.56 Å². The molecular weight excluding hydrogens is 274 g/mol. The highest BCUT2D eigenvalue weighted by Gasteiger charge is 2.26. The lowest BCUT2D eigenvalue weighted by molar-refractivity contribution is -0.386. The van der Waals surface area contributed by atoms with Crippen LogP contribution in [0.15, 0.2) is 48.5 Å². The molecule has 0 saturated heterocycles. The van der Waals surface area contributed by atoms with Crippen molar-refractivity contribution in [3.05, 3.63) is 69.8 Å². The molecule has 0 fully saturated rings. The summed E-state index contributed by atoms with van der Waals surface area (Å²) in [6.07, 6.45) is 2.68. The van der Waals surface area contributed by atoms with Crippen molar-refractivity contribution in [2.45, 2.75) is 0 Å². The van der Waals surface area contributed by atoms with Crippen LogP contribution < -0.4 is 0 Å². The van der Waals surface area contributed by atoms with Gasteiger partial charge in [-0.25, -0.2) is 0 Å². The highest BCUT2D eigenvalue weighted by Crippen LogP contribution is 2.37. The maximum absolute atomic E-state index is 12.0.